The molecule has 1 N–H and O–H groups in total. The molecule has 5 heteroatoms. The van der Waals surface area contributed by atoms with Gasteiger partial charge in [-0.3, -0.25) is 0 Å². The smallest absolute Gasteiger partial charge is 0.339 e. The molecule has 0 aliphatic rings. The van der Waals surface area contributed by atoms with Gasteiger partial charge in [-0.05, 0) is 23.6 Å². The Labute approximate surface area is 114 Å². The van der Waals surface area contributed by atoms with Crippen LogP contribution in [0.15, 0.2) is 35.7 Å². The van der Waals surface area contributed by atoms with E-state index in [9.17, 15) is 9.90 Å². The van der Waals surface area contributed by atoms with E-state index < -0.39 is 5.97 Å². The molecule has 0 unspecified atom stereocenters. The second-order valence-electron chi connectivity index (χ2n) is 3.87. The van der Waals surface area contributed by atoms with Crippen molar-refractivity contribution < 1.29 is 9.90 Å². The fourth-order valence-corrected chi connectivity index (χ4v) is 2.77. The standard InChI is InChI=1S/C13H12ClNO2S/c1-15(8-9-4-3-7-18-9)11-6-2-5-10(14)12(11)13(16)17/h2-7H,8H2,1H3,(H,16,17). The molecule has 0 radical (unpaired) electrons. The lowest BCUT2D eigenvalue weighted by molar-refractivity contribution is 0.0697. The van der Waals surface area contributed by atoms with E-state index in [0.717, 1.165) is 0 Å². The lowest BCUT2D eigenvalue weighted by Crippen LogP contribution is -2.19. The van der Waals surface area contributed by atoms with Gasteiger partial charge in [0.1, 0.15) is 5.56 Å². The predicted octanol–water partition coefficient (Wildman–Crippen LogP) is 3.74. The van der Waals surface area contributed by atoms with Crippen LogP contribution in [-0.4, -0.2) is 18.1 Å². The Balaban J connectivity index is 2.32. The molecular formula is C13H12ClNO2S. The van der Waals surface area contributed by atoms with Crippen molar-refractivity contribution in [3.8, 4) is 0 Å². The number of aromatic carboxylic acids is 1. The zero-order valence-electron chi connectivity index (χ0n) is 9.76. The molecule has 0 amide bonds. The minimum absolute atomic E-state index is 0.151. The summed E-state index contributed by atoms with van der Waals surface area (Å²) < 4.78 is 0. The third-order valence-electron chi connectivity index (χ3n) is 2.59. The number of nitrogens with zero attached hydrogens (tertiary/aromatic N) is 1. The molecule has 1 heterocycles. The van der Waals surface area contributed by atoms with Gasteiger partial charge in [-0.25, -0.2) is 4.79 Å². The summed E-state index contributed by atoms with van der Waals surface area (Å²) >= 11 is 7.59. The Kier molecular flexibility index (Phi) is 3.89. The topological polar surface area (TPSA) is 40.5 Å². The minimum atomic E-state index is -1.01. The van der Waals surface area contributed by atoms with Crippen LogP contribution in [-0.2, 0) is 6.54 Å². The number of carboxylic acid groups (broad SMARTS) is 1. The molecule has 0 bridgehead atoms. The quantitative estimate of drug-likeness (QED) is 0.928. The molecule has 0 saturated heterocycles. The van der Waals surface area contributed by atoms with Crippen molar-refractivity contribution >= 4 is 34.6 Å². The third kappa shape index (κ3) is 2.66. The molecule has 0 aliphatic heterocycles. The summed E-state index contributed by atoms with van der Waals surface area (Å²) in [7, 11) is 1.86. The Morgan fingerprint density at radius 1 is 1.39 bits per heavy atom. The average Bonchev–Trinajstić information content (AvgIpc) is 2.80. The van der Waals surface area contributed by atoms with Gasteiger partial charge in [-0.15, -0.1) is 11.3 Å². The van der Waals surface area contributed by atoms with Crippen LogP contribution in [0.1, 0.15) is 15.2 Å². The number of benzene rings is 1. The van der Waals surface area contributed by atoms with E-state index in [1.165, 1.54) is 4.88 Å². The van der Waals surface area contributed by atoms with Crippen LogP contribution in [0, 0.1) is 0 Å². The molecule has 3 nitrogen and oxygen atoms in total. The van der Waals surface area contributed by atoms with Gasteiger partial charge in [-0.1, -0.05) is 23.7 Å². The summed E-state index contributed by atoms with van der Waals surface area (Å²) in [6, 6.07) is 9.11. The Morgan fingerprint density at radius 2 is 2.17 bits per heavy atom. The van der Waals surface area contributed by atoms with Gasteiger partial charge in [0.05, 0.1) is 17.3 Å². The zero-order valence-corrected chi connectivity index (χ0v) is 11.3. The predicted molar refractivity (Wildman–Crippen MR) is 74.8 cm³/mol. The number of carboxylic acids is 1. The first kappa shape index (κ1) is 12.9. The third-order valence-corrected chi connectivity index (χ3v) is 3.77. The minimum Gasteiger partial charge on any atom is -0.478 e. The molecule has 0 fully saturated rings. The van der Waals surface area contributed by atoms with Crippen molar-refractivity contribution in [2.45, 2.75) is 6.54 Å². The molecule has 18 heavy (non-hydrogen) atoms. The van der Waals surface area contributed by atoms with Gasteiger partial charge in [-0.2, -0.15) is 0 Å². The fraction of sp³-hybridized carbons (Fsp3) is 0.154. The van der Waals surface area contributed by atoms with Crippen LogP contribution in [0.3, 0.4) is 0 Å². The Hall–Kier alpha value is -1.52. The van der Waals surface area contributed by atoms with Crippen LogP contribution in [0.4, 0.5) is 5.69 Å². The molecule has 2 rings (SSSR count). The maximum Gasteiger partial charge on any atom is 0.339 e. The number of thiophene rings is 1. The maximum absolute atomic E-state index is 11.2. The van der Waals surface area contributed by atoms with E-state index in [1.54, 1.807) is 29.5 Å². The molecule has 94 valence electrons. The SMILES string of the molecule is CN(Cc1cccs1)c1cccc(Cl)c1C(=O)O. The zero-order chi connectivity index (χ0) is 13.1. The van der Waals surface area contributed by atoms with Crippen molar-refractivity contribution in [3.05, 3.63) is 51.2 Å². The molecule has 2 aromatic rings. The van der Waals surface area contributed by atoms with E-state index in [1.807, 2.05) is 29.5 Å². The highest BCUT2D eigenvalue weighted by Crippen LogP contribution is 2.28. The van der Waals surface area contributed by atoms with Gasteiger partial charge in [0, 0.05) is 11.9 Å². The van der Waals surface area contributed by atoms with Crippen molar-refractivity contribution in [1.82, 2.24) is 0 Å². The molecule has 0 saturated carbocycles. The van der Waals surface area contributed by atoms with Crippen LogP contribution in [0.25, 0.3) is 0 Å². The van der Waals surface area contributed by atoms with Gasteiger partial charge < -0.3 is 10.0 Å². The first-order valence-electron chi connectivity index (χ1n) is 5.35. The summed E-state index contributed by atoms with van der Waals surface area (Å²) in [5.74, 6) is -1.01. The van der Waals surface area contributed by atoms with Gasteiger partial charge in [0.15, 0.2) is 0 Å². The second-order valence-corrected chi connectivity index (χ2v) is 5.31. The number of hydrogen-bond acceptors (Lipinski definition) is 3. The number of carbonyl (C=O) groups is 1. The second kappa shape index (κ2) is 5.42. The molecule has 1 aromatic heterocycles. The summed E-state index contributed by atoms with van der Waals surface area (Å²) in [5.41, 5.74) is 0.779. The number of halogens is 1. The lowest BCUT2D eigenvalue weighted by Gasteiger charge is -2.21. The number of anilines is 1. The molecule has 1 aromatic carbocycles. The largest absolute Gasteiger partial charge is 0.478 e. The van der Waals surface area contributed by atoms with E-state index in [2.05, 4.69) is 0 Å². The monoisotopic (exact) mass is 281 g/mol. The van der Waals surface area contributed by atoms with E-state index >= 15 is 0 Å². The highest BCUT2D eigenvalue weighted by Gasteiger charge is 2.17. The highest BCUT2D eigenvalue weighted by molar-refractivity contribution is 7.09. The van der Waals surface area contributed by atoms with E-state index in [4.69, 9.17) is 11.6 Å². The van der Waals surface area contributed by atoms with Crippen molar-refractivity contribution in [3.63, 3.8) is 0 Å². The first-order valence-corrected chi connectivity index (χ1v) is 6.60. The summed E-state index contributed by atoms with van der Waals surface area (Å²) in [6.07, 6.45) is 0. The van der Waals surface area contributed by atoms with Gasteiger partial charge >= 0.3 is 5.97 Å². The normalized spacial score (nSPS) is 10.3. The Bertz CT molecular complexity index is 554. The summed E-state index contributed by atoms with van der Waals surface area (Å²) in [5, 5.41) is 11.5. The van der Waals surface area contributed by atoms with Gasteiger partial charge in [0.2, 0.25) is 0 Å². The average molecular weight is 282 g/mol. The molecule has 0 aliphatic carbocycles. The van der Waals surface area contributed by atoms with Crippen LogP contribution in [0.5, 0.6) is 0 Å². The Morgan fingerprint density at radius 3 is 2.78 bits per heavy atom. The van der Waals surface area contributed by atoms with Crippen molar-refractivity contribution in [1.29, 1.82) is 0 Å². The van der Waals surface area contributed by atoms with Gasteiger partial charge in [0.25, 0.3) is 0 Å². The van der Waals surface area contributed by atoms with Crippen LogP contribution >= 0.6 is 22.9 Å². The van der Waals surface area contributed by atoms with Crippen molar-refractivity contribution in [2.75, 3.05) is 11.9 Å². The number of hydrogen-bond donors (Lipinski definition) is 1. The van der Waals surface area contributed by atoms with E-state index in [-0.39, 0.29) is 10.6 Å². The molecular weight excluding hydrogens is 270 g/mol. The summed E-state index contributed by atoms with van der Waals surface area (Å²) in [4.78, 5) is 14.3. The van der Waals surface area contributed by atoms with Crippen LogP contribution < -0.4 is 4.90 Å². The molecule has 0 atom stereocenters. The van der Waals surface area contributed by atoms with Crippen LogP contribution in [0.2, 0.25) is 5.02 Å². The summed E-state index contributed by atoms with van der Waals surface area (Å²) in [6.45, 7) is 0.665. The maximum atomic E-state index is 11.2. The van der Waals surface area contributed by atoms with Crippen molar-refractivity contribution in [2.24, 2.45) is 0 Å². The van der Waals surface area contributed by atoms with E-state index in [0.29, 0.717) is 12.2 Å². The molecule has 0 spiro atoms. The highest BCUT2D eigenvalue weighted by atomic mass is 35.5. The fourth-order valence-electron chi connectivity index (χ4n) is 1.76. The number of rotatable bonds is 4. The first-order chi connectivity index (χ1) is 8.59. The lowest BCUT2D eigenvalue weighted by atomic mass is 10.1.